The van der Waals surface area contributed by atoms with Crippen LogP contribution in [0.25, 0.3) is 0 Å². The first-order valence-corrected chi connectivity index (χ1v) is 4.87. The number of amides is 2. The zero-order chi connectivity index (χ0) is 13.0. The van der Waals surface area contributed by atoms with Crippen molar-refractivity contribution >= 4 is 23.2 Å². The van der Waals surface area contributed by atoms with Gasteiger partial charge in [-0.05, 0) is 24.6 Å². The van der Waals surface area contributed by atoms with Gasteiger partial charge in [0.15, 0.2) is 0 Å². The monoisotopic (exact) mass is 242 g/mol. The van der Waals surface area contributed by atoms with Crippen LogP contribution in [0.2, 0.25) is 0 Å². The third-order valence-corrected chi connectivity index (χ3v) is 2.01. The van der Waals surface area contributed by atoms with Crippen molar-refractivity contribution in [1.29, 1.82) is 0 Å². The van der Waals surface area contributed by atoms with Gasteiger partial charge >= 0.3 is 6.43 Å². The number of hydrogen-bond acceptors (Lipinski definition) is 2. The topological polar surface area (TPSA) is 58.2 Å². The Balaban J connectivity index is 2.90. The number of nitrogens with one attached hydrogen (secondary N) is 2. The predicted octanol–water partition coefficient (Wildman–Crippen LogP) is 2.16. The predicted molar refractivity (Wildman–Crippen MR) is 60.1 cm³/mol. The lowest BCUT2D eigenvalue weighted by Crippen LogP contribution is -2.20. The fourth-order valence-electron chi connectivity index (χ4n) is 1.22. The van der Waals surface area contributed by atoms with Gasteiger partial charge in [0.1, 0.15) is 0 Å². The Labute approximate surface area is 97.0 Å². The van der Waals surface area contributed by atoms with E-state index in [-0.39, 0.29) is 11.6 Å². The van der Waals surface area contributed by atoms with E-state index in [0.29, 0.717) is 11.3 Å². The first-order valence-electron chi connectivity index (χ1n) is 4.87. The van der Waals surface area contributed by atoms with Crippen molar-refractivity contribution in [3.8, 4) is 0 Å². The minimum atomic E-state index is -3.07. The SMILES string of the molecule is CC(=O)Nc1ccc(C)c(NC(=O)C(F)F)c1. The molecule has 17 heavy (non-hydrogen) atoms. The van der Waals surface area contributed by atoms with Crippen molar-refractivity contribution < 1.29 is 18.4 Å². The van der Waals surface area contributed by atoms with Crippen LogP contribution in [0.4, 0.5) is 20.2 Å². The number of hydrogen-bond donors (Lipinski definition) is 2. The van der Waals surface area contributed by atoms with E-state index < -0.39 is 12.3 Å². The van der Waals surface area contributed by atoms with E-state index in [1.165, 1.54) is 13.0 Å². The number of benzene rings is 1. The van der Waals surface area contributed by atoms with Gasteiger partial charge < -0.3 is 10.6 Å². The van der Waals surface area contributed by atoms with Gasteiger partial charge in [-0.2, -0.15) is 8.78 Å². The Hall–Kier alpha value is -1.98. The van der Waals surface area contributed by atoms with Gasteiger partial charge in [-0.25, -0.2) is 0 Å². The van der Waals surface area contributed by atoms with Crippen LogP contribution in [0.1, 0.15) is 12.5 Å². The van der Waals surface area contributed by atoms with Crippen molar-refractivity contribution in [2.45, 2.75) is 20.3 Å². The molecule has 0 heterocycles. The lowest BCUT2D eigenvalue weighted by molar-refractivity contribution is -0.126. The van der Waals surface area contributed by atoms with E-state index in [9.17, 15) is 18.4 Å². The molecule has 1 rings (SSSR count). The molecule has 1 aromatic rings. The van der Waals surface area contributed by atoms with Gasteiger partial charge in [0.05, 0.1) is 0 Å². The Morgan fingerprint density at radius 3 is 2.41 bits per heavy atom. The number of alkyl halides is 2. The molecule has 0 saturated carbocycles. The summed E-state index contributed by atoms with van der Waals surface area (Å²) in [5.74, 6) is -1.65. The third-order valence-electron chi connectivity index (χ3n) is 2.01. The molecule has 0 bridgehead atoms. The Morgan fingerprint density at radius 2 is 1.88 bits per heavy atom. The summed E-state index contributed by atoms with van der Waals surface area (Å²) < 4.78 is 24.1. The van der Waals surface area contributed by atoms with Crippen molar-refractivity contribution in [3.63, 3.8) is 0 Å². The molecule has 0 fully saturated rings. The second kappa shape index (κ2) is 5.38. The second-order valence-electron chi connectivity index (χ2n) is 3.50. The molecule has 0 aliphatic heterocycles. The number of carbonyl (C=O) groups is 2. The van der Waals surface area contributed by atoms with Crippen LogP contribution < -0.4 is 10.6 Å². The number of anilines is 2. The molecule has 0 aliphatic rings. The molecular weight excluding hydrogens is 230 g/mol. The molecule has 4 nitrogen and oxygen atoms in total. The Morgan fingerprint density at radius 1 is 1.24 bits per heavy atom. The van der Waals surface area contributed by atoms with Crippen molar-refractivity contribution in [2.75, 3.05) is 10.6 Å². The molecule has 0 spiro atoms. The average molecular weight is 242 g/mol. The summed E-state index contributed by atoms with van der Waals surface area (Å²) in [5, 5.41) is 4.58. The summed E-state index contributed by atoms with van der Waals surface area (Å²) in [6, 6.07) is 4.66. The molecule has 0 atom stereocenters. The van der Waals surface area contributed by atoms with Crippen molar-refractivity contribution in [3.05, 3.63) is 23.8 Å². The van der Waals surface area contributed by atoms with Crippen molar-refractivity contribution in [2.24, 2.45) is 0 Å². The van der Waals surface area contributed by atoms with E-state index in [0.717, 1.165) is 0 Å². The maximum Gasteiger partial charge on any atom is 0.315 e. The Bertz CT molecular complexity index is 447. The van der Waals surface area contributed by atoms with Gasteiger partial charge in [0.25, 0.3) is 5.91 Å². The highest BCUT2D eigenvalue weighted by Crippen LogP contribution is 2.20. The van der Waals surface area contributed by atoms with Crippen LogP contribution in [0, 0.1) is 6.92 Å². The van der Waals surface area contributed by atoms with E-state index in [2.05, 4.69) is 10.6 Å². The minimum Gasteiger partial charge on any atom is -0.326 e. The van der Waals surface area contributed by atoms with Crippen LogP contribution in [0.5, 0.6) is 0 Å². The molecule has 0 radical (unpaired) electrons. The average Bonchev–Trinajstić information content (AvgIpc) is 2.22. The minimum absolute atomic E-state index is 0.251. The molecule has 92 valence electrons. The number of aryl methyl sites for hydroxylation is 1. The van der Waals surface area contributed by atoms with Gasteiger partial charge in [0.2, 0.25) is 5.91 Å². The second-order valence-corrected chi connectivity index (χ2v) is 3.50. The molecule has 2 N–H and O–H groups in total. The van der Waals surface area contributed by atoms with Crippen LogP contribution >= 0.6 is 0 Å². The number of halogens is 2. The summed E-state index contributed by atoms with van der Waals surface area (Å²) in [5.41, 5.74) is 1.32. The highest BCUT2D eigenvalue weighted by Gasteiger charge is 2.16. The zero-order valence-electron chi connectivity index (χ0n) is 9.38. The van der Waals surface area contributed by atoms with E-state index in [4.69, 9.17) is 0 Å². The quantitative estimate of drug-likeness (QED) is 0.853. The highest BCUT2D eigenvalue weighted by atomic mass is 19.3. The Kier molecular flexibility index (Phi) is 4.14. The molecule has 0 aliphatic carbocycles. The molecule has 0 aromatic heterocycles. The fourth-order valence-corrected chi connectivity index (χ4v) is 1.22. The largest absolute Gasteiger partial charge is 0.326 e. The van der Waals surface area contributed by atoms with Crippen LogP contribution in [0.3, 0.4) is 0 Å². The molecule has 6 heteroatoms. The zero-order valence-corrected chi connectivity index (χ0v) is 9.38. The summed E-state index contributed by atoms with van der Waals surface area (Å²) in [6.45, 7) is 3.00. The van der Waals surface area contributed by atoms with Gasteiger partial charge in [-0.3, -0.25) is 9.59 Å². The lowest BCUT2D eigenvalue weighted by atomic mass is 10.1. The highest BCUT2D eigenvalue weighted by molar-refractivity contribution is 5.95. The van der Waals surface area contributed by atoms with Gasteiger partial charge in [-0.1, -0.05) is 6.07 Å². The van der Waals surface area contributed by atoms with E-state index in [1.807, 2.05) is 0 Å². The van der Waals surface area contributed by atoms with Gasteiger partial charge in [0, 0.05) is 18.3 Å². The maximum absolute atomic E-state index is 12.1. The summed E-state index contributed by atoms with van der Waals surface area (Å²) >= 11 is 0. The summed E-state index contributed by atoms with van der Waals surface area (Å²) in [4.78, 5) is 21.7. The van der Waals surface area contributed by atoms with Gasteiger partial charge in [-0.15, -0.1) is 0 Å². The normalized spacial score (nSPS) is 10.2. The molecular formula is C11H12F2N2O2. The number of carbonyl (C=O) groups excluding carboxylic acids is 2. The van der Waals surface area contributed by atoms with E-state index >= 15 is 0 Å². The van der Waals surface area contributed by atoms with Crippen molar-refractivity contribution in [1.82, 2.24) is 0 Å². The molecule has 2 amide bonds. The van der Waals surface area contributed by atoms with Crippen LogP contribution in [-0.4, -0.2) is 18.2 Å². The molecule has 0 unspecified atom stereocenters. The van der Waals surface area contributed by atoms with E-state index in [1.54, 1.807) is 19.1 Å². The van der Waals surface area contributed by atoms with Crippen LogP contribution in [0.15, 0.2) is 18.2 Å². The summed E-state index contributed by atoms with van der Waals surface area (Å²) in [7, 11) is 0. The third kappa shape index (κ3) is 3.82. The lowest BCUT2D eigenvalue weighted by Gasteiger charge is -2.10. The number of rotatable bonds is 3. The standard InChI is InChI=1S/C11H12F2N2O2/c1-6-3-4-8(14-7(2)16)5-9(6)15-11(17)10(12)13/h3-5,10H,1-2H3,(H,14,16)(H,15,17). The van der Waals surface area contributed by atoms with Crippen LogP contribution in [-0.2, 0) is 9.59 Å². The molecule has 0 saturated heterocycles. The first kappa shape index (κ1) is 13.1. The fraction of sp³-hybridized carbons (Fsp3) is 0.273. The maximum atomic E-state index is 12.1. The molecule has 1 aromatic carbocycles. The summed E-state index contributed by atoms with van der Waals surface area (Å²) in [6.07, 6.45) is -3.07. The smallest absolute Gasteiger partial charge is 0.315 e. The first-order chi connectivity index (χ1) is 7.90.